The molecule has 3 heterocycles. The molecule has 0 radical (unpaired) electrons. The maximum atomic E-state index is 12.9. The Kier molecular flexibility index (Phi) is 3.50. The first kappa shape index (κ1) is 14.2. The zero-order valence-electron chi connectivity index (χ0n) is 12.4. The number of rotatable bonds is 2. The molecule has 3 aromatic rings. The van der Waals surface area contributed by atoms with Gasteiger partial charge in [-0.15, -0.1) is 11.3 Å². The Hall–Kier alpha value is -2.40. The largest absolute Gasteiger partial charge is 0.463 e. The summed E-state index contributed by atoms with van der Waals surface area (Å²) >= 11 is 1.65. The molecule has 4 nitrogen and oxygen atoms in total. The fourth-order valence-electron chi connectivity index (χ4n) is 3.17. The van der Waals surface area contributed by atoms with E-state index in [-0.39, 0.29) is 22.9 Å². The van der Waals surface area contributed by atoms with Crippen LogP contribution in [0.5, 0.6) is 0 Å². The van der Waals surface area contributed by atoms with Crippen molar-refractivity contribution in [2.24, 2.45) is 0 Å². The van der Waals surface area contributed by atoms with Gasteiger partial charge in [-0.25, -0.2) is 0 Å². The van der Waals surface area contributed by atoms with Crippen molar-refractivity contribution in [3.05, 3.63) is 68.7 Å². The summed E-state index contributed by atoms with van der Waals surface area (Å²) in [7, 11) is 0. The lowest BCUT2D eigenvalue weighted by Crippen LogP contribution is -2.33. The molecule has 0 bridgehead atoms. The van der Waals surface area contributed by atoms with Crippen LogP contribution in [-0.4, -0.2) is 17.4 Å². The number of carbonyl (C=O) groups is 1. The van der Waals surface area contributed by atoms with Gasteiger partial charge in [-0.3, -0.25) is 9.59 Å². The van der Waals surface area contributed by atoms with Crippen LogP contribution in [0.3, 0.4) is 0 Å². The summed E-state index contributed by atoms with van der Waals surface area (Å²) in [5.41, 5.74) is 0.367. The van der Waals surface area contributed by atoms with E-state index in [1.54, 1.807) is 40.5 Å². The van der Waals surface area contributed by atoms with Gasteiger partial charge in [0.1, 0.15) is 17.4 Å². The molecule has 0 aliphatic carbocycles. The van der Waals surface area contributed by atoms with Crippen molar-refractivity contribution in [1.29, 1.82) is 0 Å². The van der Waals surface area contributed by atoms with Crippen LogP contribution >= 0.6 is 11.3 Å². The molecule has 1 aliphatic heterocycles. The highest BCUT2D eigenvalue weighted by atomic mass is 32.1. The standard InChI is InChI=1S/C18H15NO3S/c20-17-12-5-1-2-7-15(12)22-11-13(17)18(21)19-9-3-6-14(19)16-8-4-10-23-16/h1-2,4-5,7-8,10-11,14H,3,6,9H2/t14-/m0/s1. The lowest BCUT2D eigenvalue weighted by molar-refractivity contribution is 0.0734. The molecule has 1 aromatic carbocycles. The Bertz CT molecular complexity index is 913. The Balaban J connectivity index is 1.74. The smallest absolute Gasteiger partial charge is 0.261 e. The lowest BCUT2D eigenvalue weighted by Gasteiger charge is -2.23. The Morgan fingerprint density at radius 1 is 1.22 bits per heavy atom. The first-order valence-electron chi connectivity index (χ1n) is 7.60. The fraction of sp³-hybridized carbons (Fsp3) is 0.222. The number of hydrogen-bond donors (Lipinski definition) is 0. The van der Waals surface area contributed by atoms with Crippen LogP contribution in [-0.2, 0) is 0 Å². The minimum absolute atomic E-state index is 0.0633. The zero-order valence-corrected chi connectivity index (χ0v) is 13.2. The van der Waals surface area contributed by atoms with Crippen molar-refractivity contribution in [3.63, 3.8) is 0 Å². The van der Waals surface area contributed by atoms with Crippen LogP contribution in [0.4, 0.5) is 0 Å². The van der Waals surface area contributed by atoms with E-state index in [4.69, 9.17) is 4.42 Å². The quantitative estimate of drug-likeness (QED) is 0.719. The van der Waals surface area contributed by atoms with Crippen molar-refractivity contribution in [2.75, 3.05) is 6.54 Å². The summed E-state index contributed by atoms with van der Waals surface area (Å²) in [6.45, 7) is 0.674. The number of carbonyl (C=O) groups excluding carboxylic acids is 1. The Labute approximate surface area is 137 Å². The fourth-order valence-corrected chi connectivity index (χ4v) is 4.04. The first-order chi connectivity index (χ1) is 11.3. The van der Waals surface area contributed by atoms with E-state index in [1.807, 2.05) is 17.5 Å². The van der Waals surface area contributed by atoms with E-state index in [1.165, 1.54) is 11.1 Å². The van der Waals surface area contributed by atoms with Crippen molar-refractivity contribution < 1.29 is 9.21 Å². The average molecular weight is 325 g/mol. The van der Waals surface area contributed by atoms with Crippen LogP contribution in [0.15, 0.2) is 57.3 Å². The van der Waals surface area contributed by atoms with E-state index >= 15 is 0 Å². The second-order valence-corrected chi connectivity index (χ2v) is 6.63. The summed E-state index contributed by atoms with van der Waals surface area (Å²) in [6.07, 6.45) is 3.19. The summed E-state index contributed by atoms with van der Waals surface area (Å²) < 4.78 is 5.49. The number of fused-ring (bicyclic) bond motifs is 1. The Morgan fingerprint density at radius 3 is 2.91 bits per heavy atom. The number of thiophene rings is 1. The third kappa shape index (κ3) is 2.37. The SMILES string of the molecule is O=C(c1coc2ccccc2c1=O)N1CCC[C@H]1c1cccs1. The van der Waals surface area contributed by atoms with E-state index in [0.717, 1.165) is 12.8 Å². The zero-order chi connectivity index (χ0) is 15.8. The molecule has 1 atom stereocenters. The highest BCUT2D eigenvalue weighted by Gasteiger charge is 2.32. The van der Waals surface area contributed by atoms with E-state index < -0.39 is 0 Å². The summed E-state index contributed by atoms with van der Waals surface area (Å²) in [5.74, 6) is -0.236. The molecule has 116 valence electrons. The monoisotopic (exact) mass is 325 g/mol. The van der Waals surface area contributed by atoms with Crippen molar-refractivity contribution in [1.82, 2.24) is 4.90 Å². The predicted octanol–water partition coefficient (Wildman–Crippen LogP) is 3.83. The van der Waals surface area contributed by atoms with Crippen molar-refractivity contribution in [2.45, 2.75) is 18.9 Å². The van der Waals surface area contributed by atoms with Crippen LogP contribution in [0.2, 0.25) is 0 Å². The molecule has 0 N–H and O–H groups in total. The van der Waals surface area contributed by atoms with Gasteiger partial charge in [-0.2, -0.15) is 0 Å². The third-order valence-electron chi connectivity index (χ3n) is 4.30. The number of amides is 1. The van der Waals surface area contributed by atoms with E-state index in [2.05, 4.69) is 0 Å². The molecule has 0 unspecified atom stereocenters. The van der Waals surface area contributed by atoms with Gasteiger partial charge in [0.2, 0.25) is 5.43 Å². The highest BCUT2D eigenvalue weighted by molar-refractivity contribution is 7.10. The summed E-state index contributed by atoms with van der Waals surface area (Å²) in [5, 5.41) is 2.46. The topological polar surface area (TPSA) is 50.5 Å². The van der Waals surface area contributed by atoms with Gasteiger partial charge >= 0.3 is 0 Å². The third-order valence-corrected chi connectivity index (χ3v) is 5.27. The molecule has 1 aliphatic rings. The molecule has 2 aromatic heterocycles. The van der Waals surface area contributed by atoms with E-state index in [9.17, 15) is 9.59 Å². The van der Waals surface area contributed by atoms with Gasteiger partial charge in [0.05, 0.1) is 11.4 Å². The number of likely N-dealkylation sites (tertiary alicyclic amines) is 1. The van der Waals surface area contributed by atoms with Crippen molar-refractivity contribution in [3.8, 4) is 0 Å². The molecule has 1 saturated heterocycles. The van der Waals surface area contributed by atoms with Crippen molar-refractivity contribution >= 4 is 28.2 Å². The molecule has 1 fully saturated rings. The predicted molar refractivity (Wildman–Crippen MR) is 89.8 cm³/mol. The maximum Gasteiger partial charge on any atom is 0.261 e. The number of hydrogen-bond acceptors (Lipinski definition) is 4. The van der Waals surface area contributed by atoms with Crippen LogP contribution < -0.4 is 5.43 Å². The summed E-state index contributed by atoms with van der Waals surface area (Å²) in [6, 6.07) is 11.1. The molecular formula is C18H15NO3S. The van der Waals surface area contributed by atoms with Crippen LogP contribution in [0, 0.1) is 0 Å². The lowest BCUT2D eigenvalue weighted by atomic mass is 10.1. The molecule has 5 heteroatoms. The molecule has 4 rings (SSSR count). The maximum absolute atomic E-state index is 12.9. The molecule has 23 heavy (non-hydrogen) atoms. The van der Waals surface area contributed by atoms with Gasteiger partial charge in [0.15, 0.2) is 0 Å². The van der Waals surface area contributed by atoms with E-state index in [0.29, 0.717) is 17.5 Å². The number of para-hydroxylation sites is 1. The normalized spacial score (nSPS) is 17.7. The van der Waals surface area contributed by atoms with Gasteiger partial charge in [-0.05, 0) is 36.4 Å². The second-order valence-electron chi connectivity index (χ2n) is 5.65. The number of nitrogens with zero attached hydrogens (tertiary/aromatic N) is 1. The Morgan fingerprint density at radius 2 is 2.09 bits per heavy atom. The summed E-state index contributed by atoms with van der Waals surface area (Å²) in [4.78, 5) is 28.5. The molecule has 1 amide bonds. The van der Waals surface area contributed by atoms with Crippen LogP contribution in [0.1, 0.15) is 34.1 Å². The van der Waals surface area contributed by atoms with Crippen LogP contribution in [0.25, 0.3) is 11.0 Å². The minimum atomic E-state index is -0.256. The molecule has 0 spiro atoms. The highest BCUT2D eigenvalue weighted by Crippen LogP contribution is 2.35. The van der Waals surface area contributed by atoms with Gasteiger partial charge < -0.3 is 9.32 Å². The average Bonchev–Trinajstić information content (AvgIpc) is 3.26. The molecular weight excluding hydrogens is 310 g/mol. The van der Waals surface area contributed by atoms with Gasteiger partial charge in [-0.1, -0.05) is 18.2 Å². The first-order valence-corrected chi connectivity index (χ1v) is 8.48. The molecule has 0 saturated carbocycles. The van der Waals surface area contributed by atoms with Gasteiger partial charge in [0.25, 0.3) is 5.91 Å². The minimum Gasteiger partial charge on any atom is -0.463 e. The number of benzene rings is 1. The second kappa shape index (κ2) is 5.66. The van der Waals surface area contributed by atoms with Gasteiger partial charge in [0, 0.05) is 11.4 Å².